The average molecular weight is 388 g/mol. The van der Waals surface area contributed by atoms with Gasteiger partial charge in [-0.05, 0) is 35.7 Å². The fraction of sp³-hybridized carbons (Fsp3) is 0.208. The SMILES string of the molecule is CCCCC(=O)N(Cc1ccc(-c2cnccc2C(=O)O)cc1)c1ccccc1. The lowest BCUT2D eigenvalue weighted by Gasteiger charge is -2.23. The van der Waals surface area contributed by atoms with Gasteiger partial charge in [-0.3, -0.25) is 9.78 Å². The highest BCUT2D eigenvalue weighted by atomic mass is 16.4. The van der Waals surface area contributed by atoms with Crippen molar-refractivity contribution in [2.24, 2.45) is 0 Å². The Morgan fingerprint density at radius 2 is 1.72 bits per heavy atom. The van der Waals surface area contributed by atoms with Gasteiger partial charge in [0, 0.05) is 30.1 Å². The number of rotatable bonds is 8. The molecule has 148 valence electrons. The number of unbranched alkanes of at least 4 members (excludes halogenated alkanes) is 1. The molecule has 0 fully saturated rings. The summed E-state index contributed by atoms with van der Waals surface area (Å²) in [6.07, 6.45) is 5.38. The van der Waals surface area contributed by atoms with Crippen LogP contribution < -0.4 is 4.90 Å². The molecule has 0 saturated heterocycles. The van der Waals surface area contributed by atoms with Crippen LogP contribution in [0.3, 0.4) is 0 Å². The minimum absolute atomic E-state index is 0.0996. The number of pyridine rings is 1. The monoisotopic (exact) mass is 388 g/mol. The number of amides is 1. The molecule has 1 aromatic heterocycles. The van der Waals surface area contributed by atoms with Gasteiger partial charge in [-0.1, -0.05) is 55.8 Å². The smallest absolute Gasteiger partial charge is 0.336 e. The third-order valence-electron chi connectivity index (χ3n) is 4.77. The number of benzene rings is 2. The van der Waals surface area contributed by atoms with Gasteiger partial charge in [-0.25, -0.2) is 4.79 Å². The summed E-state index contributed by atoms with van der Waals surface area (Å²) in [5.41, 5.74) is 3.42. The van der Waals surface area contributed by atoms with Crippen LogP contribution in [0.15, 0.2) is 73.1 Å². The van der Waals surface area contributed by atoms with Gasteiger partial charge in [0.25, 0.3) is 0 Å². The van der Waals surface area contributed by atoms with Crippen molar-refractivity contribution in [2.45, 2.75) is 32.7 Å². The molecule has 29 heavy (non-hydrogen) atoms. The van der Waals surface area contributed by atoms with E-state index in [1.165, 1.54) is 12.3 Å². The Hall–Kier alpha value is -3.47. The van der Waals surface area contributed by atoms with E-state index in [0.29, 0.717) is 18.5 Å². The number of aromatic nitrogens is 1. The lowest BCUT2D eigenvalue weighted by Crippen LogP contribution is -2.30. The van der Waals surface area contributed by atoms with Crippen LogP contribution in [0.5, 0.6) is 0 Å². The normalized spacial score (nSPS) is 10.5. The molecular formula is C24H24N2O3. The molecule has 0 spiro atoms. The van der Waals surface area contributed by atoms with Crippen molar-refractivity contribution in [1.29, 1.82) is 0 Å². The van der Waals surface area contributed by atoms with Crippen LogP contribution in [0.4, 0.5) is 5.69 Å². The number of carbonyl (C=O) groups is 2. The average Bonchev–Trinajstić information content (AvgIpc) is 2.76. The molecule has 0 aliphatic carbocycles. The van der Waals surface area contributed by atoms with E-state index in [0.717, 1.165) is 29.7 Å². The topological polar surface area (TPSA) is 70.5 Å². The van der Waals surface area contributed by atoms with Gasteiger partial charge in [0.2, 0.25) is 5.91 Å². The molecule has 0 saturated carbocycles. The molecule has 0 aliphatic rings. The summed E-state index contributed by atoms with van der Waals surface area (Å²) >= 11 is 0. The first-order valence-electron chi connectivity index (χ1n) is 9.72. The van der Waals surface area contributed by atoms with Crippen molar-refractivity contribution < 1.29 is 14.7 Å². The summed E-state index contributed by atoms with van der Waals surface area (Å²) in [7, 11) is 0. The Morgan fingerprint density at radius 3 is 2.38 bits per heavy atom. The zero-order valence-corrected chi connectivity index (χ0v) is 16.4. The van der Waals surface area contributed by atoms with E-state index in [1.54, 1.807) is 11.1 Å². The molecule has 1 amide bonds. The molecule has 3 aromatic rings. The van der Waals surface area contributed by atoms with Gasteiger partial charge < -0.3 is 10.0 Å². The van der Waals surface area contributed by atoms with Gasteiger partial charge in [0.15, 0.2) is 0 Å². The molecule has 3 rings (SSSR count). The van der Waals surface area contributed by atoms with E-state index in [1.807, 2.05) is 54.6 Å². The van der Waals surface area contributed by atoms with E-state index < -0.39 is 5.97 Å². The van der Waals surface area contributed by atoms with Crippen LogP contribution in [-0.2, 0) is 11.3 Å². The predicted octanol–water partition coefficient (Wildman–Crippen LogP) is 5.17. The number of hydrogen-bond acceptors (Lipinski definition) is 3. The van der Waals surface area contributed by atoms with Gasteiger partial charge in [0.05, 0.1) is 12.1 Å². The van der Waals surface area contributed by atoms with Crippen LogP contribution >= 0.6 is 0 Å². The molecular weight excluding hydrogens is 364 g/mol. The third-order valence-corrected chi connectivity index (χ3v) is 4.77. The van der Waals surface area contributed by atoms with Crippen molar-refractivity contribution >= 4 is 17.6 Å². The molecule has 0 bridgehead atoms. The second-order valence-electron chi connectivity index (χ2n) is 6.84. The Labute approximate surface area is 170 Å². The van der Waals surface area contributed by atoms with Gasteiger partial charge in [0.1, 0.15) is 0 Å². The lowest BCUT2D eigenvalue weighted by atomic mass is 10.0. The Balaban J connectivity index is 1.84. The summed E-state index contributed by atoms with van der Waals surface area (Å²) in [5.74, 6) is -0.884. The Morgan fingerprint density at radius 1 is 1.00 bits per heavy atom. The van der Waals surface area contributed by atoms with Crippen molar-refractivity contribution in [1.82, 2.24) is 4.98 Å². The number of hydrogen-bond donors (Lipinski definition) is 1. The van der Waals surface area contributed by atoms with Crippen LogP contribution in [0.25, 0.3) is 11.1 Å². The van der Waals surface area contributed by atoms with Crippen LogP contribution in [0.1, 0.15) is 42.1 Å². The minimum Gasteiger partial charge on any atom is -0.478 e. The van der Waals surface area contributed by atoms with E-state index in [4.69, 9.17) is 0 Å². The molecule has 5 heteroatoms. The zero-order chi connectivity index (χ0) is 20.6. The van der Waals surface area contributed by atoms with E-state index in [-0.39, 0.29) is 11.5 Å². The molecule has 0 aliphatic heterocycles. The van der Waals surface area contributed by atoms with Crippen molar-refractivity contribution in [3.8, 4) is 11.1 Å². The molecule has 0 atom stereocenters. The highest BCUT2D eigenvalue weighted by Crippen LogP contribution is 2.25. The number of carbonyl (C=O) groups excluding carboxylic acids is 1. The van der Waals surface area contributed by atoms with E-state index in [9.17, 15) is 14.7 Å². The van der Waals surface area contributed by atoms with E-state index in [2.05, 4.69) is 11.9 Å². The molecule has 1 N–H and O–H groups in total. The summed E-state index contributed by atoms with van der Waals surface area (Å²) in [4.78, 5) is 30.1. The summed E-state index contributed by atoms with van der Waals surface area (Å²) in [6.45, 7) is 2.54. The number of carboxylic acid groups (broad SMARTS) is 1. The highest BCUT2D eigenvalue weighted by Gasteiger charge is 2.16. The zero-order valence-electron chi connectivity index (χ0n) is 16.4. The molecule has 1 heterocycles. The maximum absolute atomic E-state index is 12.8. The number of nitrogens with zero attached hydrogens (tertiary/aromatic N) is 2. The number of anilines is 1. The second kappa shape index (κ2) is 9.64. The fourth-order valence-electron chi connectivity index (χ4n) is 3.18. The molecule has 0 radical (unpaired) electrons. The van der Waals surface area contributed by atoms with Crippen molar-refractivity contribution in [3.05, 3.63) is 84.2 Å². The quantitative estimate of drug-likeness (QED) is 0.578. The Kier molecular flexibility index (Phi) is 6.74. The summed E-state index contributed by atoms with van der Waals surface area (Å²) in [6, 6.07) is 18.8. The number of aromatic carboxylic acids is 1. The van der Waals surface area contributed by atoms with Crippen LogP contribution in [-0.4, -0.2) is 22.0 Å². The Bertz CT molecular complexity index is 969. The summed E-state index contributed by atoms with van der Waals surface area (Å²) in [5, 5.41) is 9.39. The first-order chi connectivity index (χ1) is 14.1. The maximum atomic E-state index is 12.8. The van der Waals surface area contributed by atoms with Gasteiger partial charge in [-0.15, -0.1) is 0 Å². The van der Waals surface area contributed by atoms with Crippen molar-refractivity contribution in [3.63, 3.8) is 0 Å². The highest BCUT2D eigenvalue weighted by molar-refractivity contribution is 5.96. The first-order valence-corrected chi connectivity index (χ1v) is 9.72. The standard InChI is InChI=1S/C24H24N2O3/c1-2-3-9-23(27)26(20-7-5-4-6-8-20)17-18-10-12-19(13-11-18)22-16-25-15-14-21(22)24(28)29/h4-8,10-16H,2-3,9,17H2,1H3,(H,28,29). The predicted molar refractivity (Wildman–Crippen MR) is 114 cm³/mol. The maximum Gasteiger partial charge on any atom is 0.336 e. The summed E-state index contributed by atoms with van der Waals surface area (Å²) < 4.78 is 0. The largest absolute Gasteiger partial charge is 0.478 e. The number of para-hydroxylation sites is 1. The third kappa shape index (κ3) is 5.08. The van der Waals surface area contributed by atoms with Crippen molar-refractivity contribution in [2.75, 3.05) is 4.90 Å². The van der Waals surface area contributed by atoms with Gasteiger partial charge in [-0.2, -0.15) is 0 Å². The van der Waals surface area contributed by atoms with Crippen LogP contribution in [0, 0.1) is 0 Å². The fourth-order valence-corrected chi connectivity index (χ4v) is 3.18. The van der Waals surface area contributed by atoms with Gasteiger partial charge >= 0.3 is 5.97 Å². The van der Waals surface area contributed by atoms with E-state index >= 15 is 0 Å². The lowest BCUT2D eigenvalue weighted by molar-refractivity contribution is -0.118. The molecule has 2 aromatic carbocycles. The minimum atomic E-state index is -0.983. The first kappa shape index (κ1) is 20.3. The molecule has 5 nitrogen and oxygen atoms in total. The number of carboxylic acids is 1. The second-order valence-corrected chi connectivity index (χ2v) is 6.84. The van der Waals surface area contributed by atoms with Crippen LogP contribution in [0.2, 0.25) is 0 Å². The molecule has 0 unspecified atom stereocenters.